The predicted molar refractivity (Wildman–Crippen MR) is 72.6 cm³/mol. The first-order chi connectivity index (χ1) is 8.68. The highest BCUT2D eigenvalue weighted by Crippen LogP contribution is 2.22. The van der Waals surface area contributed by atoms with Crippen LogP contribution in [0.2, 0.25) is 0 Å². The minimum Gasteiger partial charge on any atom is -0.508 e. The van der Waals surface area contributed by atoms with Crippen molar-refractivity contribution in [3.05, 3.63) is 65.2 Å². The van der Waals surface area contributed by atoms with E-state index in [9.17, 15) is 10.2 Å². The summed E-state index contributed by atoms with van der Waals surface area (Å²) in [7, 11) is 0. The quantitative estimate of drug-likeness (QED) is 0.864. The molecule has 2 aromatic carbocycles. The van der Waals surface area contributed by atoms with Crippen LogP contribution in [-0.4, -0.2) is 10.2 Å². The largest absolute Gasteiger partial charge is 0.508 e. The van der Waals surface area contributed by atoms with E-state index in [4.69, 9.17) is 0 Å². The van der Waals surface area contributed by atoms with Crippen LogP contribution in [0, 0.1) is 0 Å². The Balaban J connectivity index is 2.14. The minimum atomic E-state index is -0.453. The molecule has 0 aromatic heterocycles. The lowest BCUT2D eigenvalue weighted by Gasteiger charge is -2.12. The molecule has 0 aliphatic heterocycles. The molecule has 2 aromatic rings. The fourth-order valence-electron chi connectivity index (χ4n) is 2.16. The van der Waals surface area contributed by atoms with Crippen molar-refractivity contribution in [2.24, 2.45) is 0 Å². The molecule has 0 aliphatic carbocycles. The molecule has 0 heterocycles. The third-order valence-electron chi connectivity index (χ3n) is 3.16. The fourth-order valence-corrected chi connectivity index (χ4v) is 2.16. The first-order valence-corrected chi connectivity index (χ1v) is 6.21. The highest BCUT2D eigenvalue weighted by atomic mass is 16.3. The first kappa shape index (κ1) is 12.7. The van der Waals surface area contributed by atoms with Gasteiger partial charge in [0.1, 0.15) is 5.75 Å². The highest BCUT2D eigenvalue weighted by molar-refractivity contribution is 5.34. The summed E-state index contributed by atoms with van der Waals surface area (Å²) < 4.78 is 0. The van der Waals surface area contributed by atoms with Crippen LogP contribution >= 0.6 is 0 Å². The Morgan fingerprint density at radius 2 is 1.44 bits per heavy atom. The van der Waals surface area contributed by atoms with Gasteiger partial charge in [-0.05, 0) is 42.5 Å². The van der Waals surface area contributed by atoms with Crippen molar-refractivity contribution in [2.75, 3.05) is 0 Å². The van der Waals surface area contributed by atoms with Gasteiger partial charge in [-0.3, -0.25) is 0 Å². The summed E-state index contributed by atoms with van der Waals surface area (Å²) in [4.78, 5) is 0. The molecule has 1 atom stereocenters. The topological polar surface area (TPSA) is 40.5 Å². The number of aromatic hydroxyl groups is 1. The summed E-state index contributed by atoms with van der Waals surface area (Å²) in [5.74, 6) is 0.340. The zero-order valence-corrected chi connectivity index (χ0v) is 10.5. The highest BCUT2D eigenvalue weighted by Gasteiger charge is 2.08. The van der Waals surface area contributed by atoms with Gasteiger partial charge in [-0.15, -0.1) is 0 Å². The van der Waals surface area contributed by atoms with Gasteiger partial charge in [0.25, 0.3) is 0 Å². The molecule has 0 aliphatic rings. The monoisotopic (exact) mass is 242 g/mol. The van der Waals surface area contributed by atoms with Gasteiger partial charge in [0, 0.05) is 0 Å². The maximum Gasteiger partial charge on any atom is 0.118 e. The van der Waals surface area contributed by atoms with Gasteiger partial charge in [-0.2, -0.15) is 0 Å². The SMILES string of the molecule is CC(O)c1ccccc1CCc1ccccc1O. The summed E-state index contributed by atoms with van der Waals surface area (Å²) in [5.41, 5.74) is 3.04. The van der Waals surface area contributed by atoms with E-state index in [1.807, 2.05) is 42.5 Å². The normalized spacial score (nSPS) is 12.3. The number of phenolic OH excluding ortho intramolecular Hbond substituents is 1. The second-order valence-corrected chi connectivity index (χ2v) is 4.50. The zero-order chi connectivity index (χ0) is 13.0. The number of aliphatic hydroxyl groups is 1. The predicted octanol–water partition coefficient (Wildman–Crippen LogP) is 3.23. The Labute approximate surface area is 108 Å². The molecule has 0 bridgehead atoms. The number of hydrogen-bond donors (Lipinski definition) is 2. The molecule has 0 spiro atoms. The maximum absolute atomic E-state index is 9.72. The van der Waals surface area contributed by atoms with Crippen LogP contribution in [-0.2, 0) is 12.8 Å². The molecule has 2 N–H and O–H groups in total. The second kappa shape index (κ2) is 5.69. The third kappa shape index (κ3) is 2.90. The number of benzene rings is 2. The van der Waals surface area contributed by atoms with Crippen LogP contribution < -0.4 is 0 Å². The molecule has 18 heavy (non-hydrogen) atoms. The van der Waals surface area contributed by atoms with E-state index in [0.717, 1.165) is 29.5 Å². The van der Waals surface area contributed by atoms with Crippen LogP contribution in [0.3, 0.4) is 0 Å². The lowest BCUT2D eigenvalue weighted by molar-refractivity contribution is 0.198. The van der Waals surface area contributed by atoms with Crippen LogP contribution in [0.5, 0.6) is 5.75 Å². The Morgan fingerprint density at radius 1 is 0.889 bits per heavy atom. The van der Waals surface area contributed by atoms with E-state index in [1.165, 1.54) is 0 Å². The molecular formula is C16H18O2. The molecule has 0 radical (unpaired) electrons. The van der Waals surface area contributed by atoms with Gasteiger partial charge in [-0.1, -0.05) is 42.5 Å². The fraction of sp³-hybridized carbons (Fsp3) is 0.250. The molecule has 0 saturated heterocycles. The molecule has 2 nitrogen and oxygen atoms in total. The molecule has 2 rings (SSSR count). The smallest absolute Gasteiger partial charge is 0.118 e. The summed E-state index contributed by atoms with van der Waals surface area (Å²) in [5, 5.41) is 19.4. The lowest BCUT2D eigenvalue weighted by Crippen LogP contribution is -2.00. The molecule has 2 heteroatoms. The van der Waals surface area contributed by atoms with Crippen molar-refractivity contribution in [3.63, 3.8) is 0 Å². The van der Waals surface area contributed by atoms with E-state index in [0.29, 0.717) is 5.75 Å². The van der Waals surface area contributed by atoms with E-state index in [1.54, 1.807) is 13.0 Å². The molecule has 0 fully saturated rings. The average molecular weight is 242 g/mol. The Bertz CT molecular complexity index is 518. The maximum atomic E-state index is 9.72. The first-order valence-electron chi connectivity index (χ1n) is 6.21. The molecule has 94 valence electrons. The van der Waals surface area contributed by atoms with Gasteiger partial charge in [-0.25, -0.2) is 0 Å². The van der Waals surface area contributed by atoms with Crippen molar-refractivity contribution in [2.45, 2.75) is 25.9 Å². The van der Waals surface area contributed by atoms with Gasteiger partial charge >= 0.3 is 0 Å². The van der Waals surface area contributed by atoms with E-state index in [-0.39, 0.29) is 0 Å². The van der Waals surface area contributed by atoms with E-state index in [2.05, 4.69) is 0 Å². The molecule has 0 amide bonds. The number of rotatable bonds is 4. The van der Waals surface area contributed by atoms with Crippen molar-refractivity contribution >= 4 is 0 Å². The van der Waals surface area contributed by atoms with Crippen LogP contribution in [0.25, 0.3) is 0 Å². The van der Waals surface area contributed by atoms with Gasteiger partial charge in [0.05, 0.1) is 6.10 Å². The molecule has 0 saturated carbocycles. The molecular weight excluding hydrogens is 224 g/mol. The number of aryl methyl sites for hydroxylation is 2. The number of hydrogen-bond acceptors (Lipinski definition) is 2. The molecule has 1 unspecified atom stereocenters. The van der Waals surface area contributed by atoms with Gasteiger partial charge in [0.2, 0.25) is 0 Å². The summed E-state index contributed by atoms with van der Waals surface area (Å²) in [6.45, 7) is 1.78. The lowest BCUT2D eigenvalue weighted by atomic mass is 9.97. The number of para-hydroxylation sites is 1. The van der Waals surface area contributed by atoms with Gasteiger partial charge in [0.15, 0.2) is 0 Å². The van der Waals surface area contributed by atoms with Crippen molar-refractivity contribution in [1.29, 1.82) is 0 Å². The zero-order valence-electron chi connectivity index (χ0n) is 10.5. The summed E-state index contributed by atoms with van der Waals surface area (Å²) in [6.07, 6.45) is 1.14. The standard InChI is InChI=1S/C16H18O2/c1-12(17)15-8-4-2-6-13(15)10-11-14-7-3-5-9-16(14)18/h2-9,12,17-18H,10-11H2,1H3. The Morgan fingerprint density at radius 3 is 2.11 bits per heavy atom. The average Bonchev–Trinajstić information content (AvgIpc) is 2.38. The van der Waals surface area contributed by atoms with Crippen LogP contribution in [0.4, 0.5) is 0 Å². The number of phenols is 1. The minimum absolute atomic E-state index is 0.340. The van der Waals surface area contributed by atoms with E-state index < -0.39 is 6.10 Å². The van der Waals surface area contributed by atoms with Gasteiger partial charge < -0.3 is 10.2 Å². The van der Waals surface area contributed by atoms with Crippen LogP contribution in [0.1, 0.15) is 29.7 Å². The van der Waals surface area contributed by atoms with Crippen molar-refractivity contribution in [3.8, 4) is 5.75 Å². The Hall–Kier alpha value is -1.80. The summed E-state index contributed by atoms with van der Waals surface area (Å²) in [6, 6.07) is 15.3. The van der Waals surface area contributed by atoms with E-state index >= 15 is 0 Å². The third-order valence-corrected chi connectivity index (χ3v) is 3.16. The van der Waals surface area contributed by atoms with Crippen molar-refractivity contribution < 1.29 is 10.2 Å². The number of aliphatic hydroxyl groups excluding tert-OH is 1. The van der Waals surface area contributed by atoms with Crippen LogP contribution in [0.15, 0.2) is 48.5 Å². The summed E-state index contributed by atoms with van der Waals surface area (Å²) >= 11 is 0. The Kier molecular flexibility index (Phi) is 4.00. The van der Waals surface area contributed by atoms with Crippen molar-refractivity contribution in [1.82, 2.24) is 0 Å². The second-order valence-electron chi connectivity index (χ2n) is 4.50.